The molecule has 0 aliphatic rings. The zero-order chi connectivity index (χ0) is 10.9. The number of nitrogen functional groups attached to an aromatic ring is 1. The fourth-order valence-electron chi connectivity index (χ4n) is 0.966. The summed E-state index contributed by atoms with van der Waals surface area (Å²) in [5, 5.41) is 12.9. The van der Waals surface area contributed by atoms with Gasteiger partial charge in [-0.1, -0.05) is 0 Å². The topological polar surface area (TPSA) is 81.1 Å². The second kappa shape index (κ2) is 3.61. The monoisotopic (exact) mass is 261 g/mol. The van der Waals surface area contributed by atoms with E-state index in [1.807, 2.05) is 0 Å². The molecule has 6 heteroatoms. The van der Waals surface area contributed by atoms with E-state index >= 15 is 0 Å². The number of hydrogen-bond donors (Lipinski definition) is 2. The van der Waals surface area contributed by atoms with E-state index in [1.165, 1.54) is 4.68 Å². The van der Waals surface area contributed by atoms with Gasteiger partial charge in [0.1, 0.15) is 0 Å². The number of anilines is 1. The van der Waals surface area contributed by atoms with E-state index in [9.17, 15) is 4.79 Å². The Kier molecular flexibility index (Phi) is 2.84. The largest absolute Gasteiger partial charge is 0.481 e. The third-order valence-corrected chi connectivity index (χ3v) is 2.49. The quantitative estimate of drug-likeness (QED) is 0.861. The lowest BCUT2D eigenvalue weighted by Crippen LogP contribution is -2.29. The second-order valence-electron chi connectivity index (χ2n) is 3.75. The molecule has 0 unspecified atom stereocenters. The number of aromatic nitrogens is 2. The maximum absolute atomic E-state index is 10.8. The van der Waals surface area contributed by atoms with Crippen LogP contribution in [-0.2, 0) is 11.3 Å². The molecule has 3 N–H and O–H groups in total. The lowest BCUT2D eigenvalue weighted by atomic mass is 9.94. The van der Waals surface area contributed by atoms with Gasteiger partial charge in [0.15, 0.2) is 5.82 Å². The highest BCUT2D eigenvalue weighted by Crippen LogP contribution is 2.21. The number of carboxylic acid groups (broad SMARTS) is 1. The molecule has 5 nitrogen and oxygen atoms in total. The Morgan fingerprint density at radius 1 is 1.79 bits per heavy atom. The molecule has 0 spiro atoms. The average Bonchev–Trinajstić information content (AvgIpc) is 2.29. The van der Waals surface area contributed by atoms with Crippen molar-refractivity contribution < 1.29 is 9.90 Å². The molecule has 0 fully saturated rings. The molecule has 0 saturated heterocycles. The standard InChI is InChI=1S/C8H12BrN3O2/c1-8(2,7(13)14)4-12-3-5(9)6(10)11-12/h3H,4H2,1-2H3,(H2,10,11)(H,13,14). The van der Waals surface area contributed by atoms with Crippen molar-refractivity contribution in [1.82, 2.24) is 9.78 Å². The minimum absolute atomic E-state index is 0.290. The molecule has 1 aromatic rings. The van der Waals surface area contributed by atoms with Crippen LogP contribution in [0.25, 0.3) is 0 Å². The smallest absolute Gasteiger partial charge is 0.310 e. The molecule has 14 heavy (non-hydrogen) atoms. The molecule has 1 rings (SSSR count). The number of rotatable bonds is 3. The van der Waals surface area contributed by atoms with Gasteiger partial charge in [-0.3, -0.25) is 9.48 Å². The molecule has 0 aliphatic carbocycles. The van der Waals surface area contributed by atoms with Crippen LogP contribution < -0.4 is 5.73 Å². The summed E-state index contributed by atoms with van der Waals surface area (Å²) in [5.41, 5.74) is 4.66. The van der Waals surface area contributed by atoms with Gasteiger partial charge in [-0.25, -0.2) is 0 Å². The first-order chi connectivity index (χ1) is 6.33. The number of hydrogen-bond acceptors (Lipinski definition) is 3. The highest BCUT2D eigenvalue weighted by molar-refractivity contribution is 9.10. The van der Waals surface area contributed by atoms with E-state index in [0.29, 0.717) is 10.3 Å². The fraction of sp³-hybridized carbons (Fsp3) is 0.500. The number of nitrogens with zero attached hydrogens (tertiary/aromatic N) is 2. The van der Waals surface area contributed by atoms with Gasteiger partial charge >= 0.3 is 5.97 Å². The fourth-order valence-corrected chi connectivity index (χ4v) is 1.28. The van der Waals surface area contributed by atoms with Crippen LogP contribution in [0.2, 0.25) is 0 Å². The maximum atomic E-state index is 10.8. The Morgan fingerprint density at radius 3 is 2.71 bits per heavy atom. The Morgan fingerprint density at radius 2 is 2.36 bits per heavy atom. The van der Waals surface area contributed by atoms with Crippen molar-refractivity contribution in [2.45, 2.75) is 20.4 Å². The molecule has 0 aliphatic heterocycles. The van der Waals surface area contributed by atoms with Crippen LogP contribution >= 0.6 is 15.9 Å². The third-order valence-electron chi connectivity index (χ3n) is 1.88. The van der Waals surface area contributed by atoms with Crippen LogP contribution in [0, 0.1) is 5.41 Å². The summed E-state index contributed by atoms with van der Waals surface area (Å²) >= 11 is 3.20. The number of aliphatic carboxylic acids is 1. The van der Waals surface area contributed by atoms with Crippen LogP contribution in [0.1, 0.15) is 13.8 Å². The minimum atomic E-state index is -0.859. The summed E-state index contributed by atoms with van der Waals surface area (Å²) < 4.78 is 2.20. The second-order valence-corrected chi connectivity index (χ2v) is 4.60. The van der Waals surface area contributed by atoms with Crippen LogP contribution in [0.15, 0.2) is 10.7 Å². The highest BCUT2D eigenvalue weighted by atomic mass is 79.9. The highest BCUT2D eigenvalue weighted by Gasteiger charge is 2.28. The van der Waals surface area contributed by atoms with Crippen molar-refractivity contribution in [3.05, 3.63) is 10.7 Å². The number of nitrogens with two attached hydrogens (primary N) is 1. The van der Waals surface area contributed by atoms with E-state index in [-0.39, 0.29) is 6.54 Å². The van der Waals surface area contributed by atoms with E-state index in [0.717, 1.165) is 0 Å². The lowest BCUT2D eigenvalue weighted by Gasteiger charge is -2.18. The van der Waals surface area contributed by atoms with Gasteiger partial charge in [0.2, 0.25) is 0 Å². The predicted molar refractivity (Wildman–Crippen MR) is 55.8 cm³/mol. The van der Waals surface area contributed by atoms with Crippen LogP contribution in [-0.4, -0.2) is 20.9 Å². The Labute approximate surface area is 90.0 Å². The minimum Gasteiger partial charge on any atom is -0.481 e. The zero-order valence-electron chi connectivity index (χ0n) is 7.99. The molecule has 1 heterocycles. The van der Waals surface area contributed by atoms with E-state index < -0.39 is 11.4 Å². The molecule has 78 valence electrons. The summed E-state index contributed by atoms with van der Waals surface area (Å²) in [6, 6.07) is 0. The number of halogens is 1. The molecule has 0 saturated carbocycles. The molecule has 0 radical (unpaired) electrons. The third kappa shape index (κ3) is 2.25. The number of carbonyl (C=O) groups is 1. The van der Waals surface area contributed by atoms with Crippen molar-refractivity contribution in [2.24, 2.45) is 5.41 Å². The predicted octanol–water partition coefficient (Wildman–Crippen LogP) is 1.34. The van der Waals surface area contributed by atoms with Crippen molar-refractivity contribution in [2.75, 3.05) is 5.73 Å². The maximum Gasteiger partial charge on any atom is 0.310 e. The summed E-state index contributed by atoms with van der Waals surface area (Å²) in [5.74, 6) is -0.492. The zero-order valence-corrected chi connectivity index (χ0v) is 9.58. The van der Waals surface area contributed by atoms with Crippen LogP contribution in [0.4, 0.5) is 5.82 Å². The summed E-state index contributed by atoms with van der Waals surface area (Å²) in [6.45, 7) is 3.57. The first-order valence-corrected chi connectivity index (χ1v) is 4.84. The van der Waals surface area contributed by atoms with Crippen molar-refractivity contribution in [3.63, 3.8) is 0 Å². The Hall–Kier alpha value is -1.04. The van der Waals surface area contributed by atoms with Gasteiger partial charge in [0.05, 0.1) is 16.4 Å². The molecular weight excluding hydrogens is 250 g/mol. The Bertz CT molecular complexity index is 340. The molecular formula is C8H12BrN3O2. The lowest BCUT2D eigenvalue weighted by molar-refractivity contribution is -0.147. The normalized spacial score (nSPS) is 11.6. The first-order valence-electron chi connectivity index (χ1n) is 4.05. The van der Waals surface area contributed by atoms with Gasteiger partial charge in [-0.05, 0) is 29.8 Å². The SMILES string of the molecule is CC(C)(Cn1cc(Br)c(N)n1)C(=O)O. The average molecular weight is 262 g/mol. The van der Waals surface area contributed by atoms with Gasteiger partial charge in [0.25, 0.3) is 0 Å². The Balaban J connectivity index is 2.84. The summed E-state index contributed by atoms with van der Waals surface area (Å²) in [7, 11) is 0. The van der Waals surface area contributed by atoms with Crippen molar-refractivity contribution in [1.29, 1.82) is 0 Å². The van der Waals surface area contributed by atoms with Gasteiger partial charge in [-0.15, -0.1) is 0 Å². The van der Waals surface area contributed by atoms with Crippen molar-refractivity contribution in [3.8, 4) is 0 Å². The molecule has 0 aromatic carbocycles. The van der Waals surface area contributed by atoms with Gasteiger partial charge in [0, 0.05) is 6.20 Å². The van der Waals surface area contributed by atoms with E-state index in [2.05, 4.69) is 21.0 Å². The molecule has 0 atom stereocenters. The van der Waals surface area contributed by atoms with Crippen LogP contribution in [0.5, 0.6) is 0 Å². The molecule has 0 amide bonds. The van der Waals surface area contributed by atoms with Crippen LogP contribution in [0.3, 0.4) is 0 Å². The van der Waals surface area contributed by atoms with Gasteiger partial charge < -0.3 is 10.8 Å². The molecule has 0 bridgehead atoms. The van der Waals surface area contributed by atoms with Gasteiger partial charge in [-0.2, -0.15) is 5.10 Å². The van der Waals surface area contributed by atoms with Crippen molar-refractivity contribution >= 4 is 27.7 Å². The first kappa shape index (κ1) is 11.0. The summed E-state index contributed by atoms with van der Waals surface area (Å²) in [4.78, 5) is 10.8. The molecule has 1 aromatic heterocycles. The van der Waals surface area contributed by atoms with E-state index in [1.54, 1.807) is 20.0 Å². The summed E-state index contributed by atoms with van der Waals surface area (Å²) in [6.07, 6.45) is 1.67. The van der Waals surface area contributed by atoms with E-state index in [4.69, 9.17) is 10.8 Å². The number of carboxylic acids is 1.